The summed E-state index contributed by atoms with van der Waals surface area (Å²) >= 11 is 0. The minimum absolute atomic E-state index is 0.0323. The standard InChI is InChI=1S/C16H18N4O4/c1-10-4-2-3-5-12(10)20-7-6-19(9-14(20)22)13(21)8-11-15(23)18-16(24)17-11/h2-5,11H,6-9H2,1H3,(H2,17,18,23,24)/t11-/m1/s1. The molecule has 5 amide bonds. The number of piperazine rings is 1. The maximum absolute atomic E-state index is 12.4. The average molecular weight is 330 g/mol. The van der Waals surface area contributed by atoms with E-state index < -0.39 is 18.0 Å². The van der Waals surface area contributed by atoms with E-state index in [2.05, 4.69) is 10.6 Å². The van der Waals surface area contributed by atoms with Crippen LogP contribution in [0.5, 0.6) is 0 Å². The van der Waals surface area contributed by atoms with Crippen molar-refractivity contribution in [2.24, 2.45) is 0 Å². The quantitative estimate of drug-likeness (QED) is 0.748. The first-order valence-electron chi connectivity index (χ1n) is 7.71. The van der Waals surface area contributed by atoms with Crippen LogP contribution in [0.15, 0.2) is 24.3 Å². The van der Waals surface area contributed by atoms with Crippen molar-refractivity contribution in [2.75, 3.05) is 24.5 Å². The molecule has 2 aliphatic heterocycles. The van der Waals surface area contributed by atoms with Crippen molar-refractivity contribution in [3.63, 3.8) is 0 Å². The predicted octanol–water partition coefficient (Wildman–Crippen LogP) is -0.232. The van der Waals surface area contributed by atoms with Gasteiger partial charge in [-0.1, -0.05) is 18.2 Å². The van der Waals surface area contributed by atoms with Crippen molar-refractivity contribution in [2.45, 2.75) is 19.4 Å². The molecule has 1 atom stereocenters. The molecule has 126 valence electrons. The lowest BCUT2D eigenvalue weighted by Gasteiger charge is -2.35. The monoisotopic (exact) mass is 330 g/mol. The second-order valence-electron chi connectivity index (χ2n) is 5.87. The van der Waals surface area contributed by atoms with Crippen molar-refractivity contribution < 1.29 is 19.2 Å². The molecule has 8 nitrogen and oxygen atoms in total. The molecule has 2 aliphatic rings. The highest BCUT2D eigenvalue weighted by Crippen LogP contribution is 2.21. The molecule has 2 fully saturated rings. The van der Waals surface area contributed by atoms with Crippen LogP contribution in [0.25, 0.3) is 0 Å². The van der Waals surface area contributed by atoms with Crippen LogP contribution in [0.2, 0.25) is 0 Å². The maximum Gasteiger partial charge on any atom is 0.322 e. The molecular weight excluding hydrogens is 312 g/mol. The molecule has 2 N–H and O–H groups in total. The molecule has 3 rings (SSSR count). The van der Waals surface area contributed by atoms with Gasteiger partial charge in [0.2, 0.25) is 11.8 Å². The van der Waals surface area contributed by atoms with Crippen LogP contribution in [-0.4, -0.2) is 54.3 Å². The molecule has 0 bridgehead atoms. The second kappa shape index (κ2) is 6.31. The molecule has 0 aliphatic carbocycles. The number of nitrogens with one attached hydrogen (secondary N) is 2. The number of para-hydroxylation sites is 1. The Morgan fingerprint density at radius 1 is 1.21 bits per heavy atom. The Kier molecular flexibility index (Phi) is 4.20. The largest absolute Gasteiger partial charge is 0.331 e. The van der Waals surface area contributed by atoms with Gasteiger partial charge < -0.3 is 15.1 Å². The molecular formula is C16H18N4O4. The van der Waals surface area contributed by atoms with Gasteiger partial charge in [-0.2, -0.15) is 0 Å². The van der Waals surface area contributed by atoms with Crippen LogP contribution >= 0.6 is 0 Å². The third-order valence-electron chi connectivity index (χ3n) is 4.22. The molecule has 2 heterocycles. The van der Waals surface area contributed by atoms with Gasteiger partial charge in [0, 0.05) is 18.8 Å². The average Bonchev–Trinajstić information content (AvgIpc) is 2.85. The van der Waals surface area contributed by atoms with E-state index in [-0.39, 0.29) is 24.8 Å². The van der Waals surface area contributed by atoms with E-state index in [1.165, 1.54) is 4.90 Å². The Morgan fingerprint density at radius 2 is 1.96 bits per heavy atom. The minimum atomic E-state index is -0.866. The predicted molar refractivity (Wildman–Crippen MR) is 85.2 cm³/mol. The van der Waals surface area contributed by atoms with Gasteiger partial charge in [-0.3, -0.25) is 19.7 Å². The summed E-state index contributed by atoms with van der Waals surface area (Å²) in [6, 6.07) is 6.12. The normalized spacial score (nSPS) is 20.9. The van der Waals surface area contributed by atoms with Crippen LogP contribution < -0.4 is 15.5 Å². The molecule has 0 spiro atoms. The molecule has 1 aromatic rings. The molecule has 0 unspecified atom stereocenters. The molecule has 8 heteroatoms. The van der Waals surface area contributed by atoms with Crippen LogP contribution in [0.1, 0.15) is 12.0 Å². The number of anilines is 1. The topological polar surface area (TPSA) is 98.8 Å². The third-order valence-corrected chi connectivity index (χ3v) is 4.22. The smallest absolute Gasteiger partial charge is 0.322 e. The van der Waals surface area contributed by atoms with Crippen molar-refractivity contribution in [1.82, 2.24) is 15.5 Å². The number of aryl methyl sites for hydroxylation is 1. The van der Waals surface area contributed by atoms with E-state index in [0.29, 0.717) is 13.1 Å². The first kappa shape index (κ1) is 16.0. The lowest BCUT2D eigenvalue weighted by molar-refractivity contribution is -0.138. The number of amides is 5. The number of urea groups is 1. The lowest BCUT2D eigenvalue weighted by atomic mass is 10.1. The van der Waals surface area contributed by atoms with Gasteiger partial charge in [0.1, 0.15) is 12.6 Å². The maximum atomic E-state index is 12.4. The fourth-order valence-electron chi connectivity index (χ4n) is 2.91. The lowest BCUT2D eigenvalue weighted by Crippen LogP contribution is -2.53. The summed E-state index contributed by atoms with van der Waals surface area (Å²) in [6.45, 7) is 2.69. The van der Waals surface area contributed by atoms with E-state index in [1.807, 2.05) is 31.2 Å². The molecule has 1 aromatic carbocycles. The Bertz CT molecular complexity index is 718. The van der Waals surface area contributed by atoms with Crippen molar-refractivity contribution >= 4 is 29.4 Å². The summed E-state index contributed by atoms with van der Waals surface area (Å²) < 4.78 is 0. The van der Waals surface area contributed by atoms with Gasteiger partial charge in [0.05, 0.1) is 6.42 Å². The number of carbonyl (C=O) groups is 4. The fourth-order valence-corrected chi connectivity index (χ4v) is 2.91. The summed E-state index contributed by atoms with van der Waals surface area (Å²) in [7, 11) is 0. The summed E-state index contributed by atoms with van der Waals surface area (Å²) in [5, 5.41) is 4.47. The first-order chi connectivity index (χ1) is 11.5. The van der Waals surface area contributed by atoms with E-state index in [0.717, 1.165) is 11.3 Å². The zero-order valence-corrected chi connectivity index (χ0v) is 13.2. The minimum Gasteiger partial charge on any atom is -0.331 e. The summed E-state index contributed by atoms with van der Waals surface area (Å²) in [4.78, 5) is 50.4. The number of rotatable bonds is 3. The second-order valence-corrected chi connectivity index (χ2v) is 5.87. The van der Waals surface area contributed by atoms with Crippen molar-refractivity contribution in [3.8, 4) is 0 Å². The van der Waals surface area contributed by atoms with E-state index in [9.17, 15) is 19.2 Å². The van der Waals surface area contributed by atoms with Crippen molar-refractivity contribution in [1.29, 1.82) is 0 Å². The van der Waals surface area contributed by atoms with E-state index >= 15 is 0 Å². The van der Waals surface area contributed by atoms with Gasteiger partial charge in [-0.15, -0.1) is 0 Å². The highest BCUT2D eigenvalue weighted by atomic mass is 16.2. The zero-order chi connectivity index (χ0) is 17.3. The van der Waals surface area contributed by atoms with Gasteiger partial charge in [-0.05, 0) is 18.6 Å². The molecule has 2 saturated heterocycles. The Hall–Kier alpha value is -2.90. The number of carbonyl (C=O) groups excluding carboxylic acids is 4. The molecule has 0 aromatic heterocycles. The van der Waals surface area contributed by atoms with E-state index in [1.54, 1.807) is 4.90 Å². The molecule has 24 heavy (non-hydrogen) atoms. The highest BCUT2D eigenvalue weighted by Gasteiger charge is 2.35. The van der Waals surface area contributed by atoms with Gasteiger partial charge in [0.25, 0.3) is 5.91 Å². The van der Waals surface area contributed by atoms with E-state index in [4.69, 9.17) is 0 Å². The highest BCUT2D eigenvalue weighted by molar-refractivity contribution is 6.06. The van der Waals surface area contributed by atoms with Crippen molar-refractivity contribution in [3.05, 3.63) is 29.8 Å². The van der Waals surface area contributed by atoms with Gasteiger partial charge in [0.15, 0.2) is 0 Å². The third kappa shape index (κ3) is 3.08. The van der Waals surface area contributed by atoms with Gasteiger partial charge >= 0.3 is 6.03 Å². The number of hydrogen-bond acceptors (Lipinski definition) is 4. The molecule has 0 radical (unpaired) electrons. The Morgan fingerprint density at radius 3 is 2.58 bits per heavy atom. The Balaban J connectivity index is 1.62. The summed E-state index contributed by atoms with van der Waals surface area (Å²) in [5.41, 5.74) is 1.84. The number of hydrogen-bond donors (Lipinski definition) is 2. The Labute approximate surface area is 138 Å². The van der Waals surface area contributed by atoms with Gasteiger partial charge in [-0.25, -0.2) is 4.79 Å². The summed E-state index contributed by atoms with van der Waals surface area (Å²) in [5.74, 6) is -1.00. The first-order valence-corrected chi connectivity index (χ1v) is 7.71. The fraction of sp³-hybridized carbons (Fsp3) is 0.375. The van der Waals surface area contributed by atoms with Crippen LogP contribution in [0, 0.1) is 6.92 Å². The number of nitrogens with zero attached hydrogens (tertiary/aromatic N) is 2. The molecule has 0 saturated carbocycles. The van der Waals surface area contributed by atoms with Crippen LogP contribution in [0.4, 0.5) is 10.5 Å². The van der Waals surface area contributed by atoms with Crippen LogP contribution in [-0.2, 0) is 14.4 Å². The number of imide groups is 1. The SMILES string of the molecule is Cc1ccccc1N1CCN(C(=O)C[C@H]2NC(=O)NC2=O)CC1=O. The summed E-state index contributed by atoms with van der Waals surface area (Å²) in [6.07, 6.45) is -0.144. The van der Waals surface area contributed by atoms with Crippen LogP contribution in [0.3, 0.4) is 0 Å². The zero-order valence-electron chi connectivity index (χ0n) is 13.2. The number of benzene rings is 1.